The van der Waals surface area contributed by atoms with E-state index >= 15 is 0 Å². The van der Waals surface area contributed by atoms with Gasteiger partial charge in [0.15, 0.2) is 23.9 Å². The van der Waals surface area contributed by atoms with E-state index in [0.717, 1.165) is 28.3 Å². The van der Waals surface area contributed by atoms with Gasteiger partial charge in [-0.05, 0) is 6.08 Å². The third kappa shape index (κ3) is 8.28. The van der Waals surface area contributed by atoms with Crippen LogP contribution >= 0.6 is 23.5 Å². The molecule has 3 aliphatic rings. The maximum atomic E-state index is 12.6. The molecule has 50 heavy (non-hydrogen) atoms. The molecule has 0 radical (unpaired) electrons. The van der Waals surface area contributed by atoms with Crippen molar-refractivity contribution in [2.24, 2.45) is 11.7 Å². The lowest BCUT2D eigenvalue weighted by atomic mass is 9.98. The summed E-state index contributed by atoms with van der Waals surface area (Å²) in [6.45, 7) is -2.10. The van der Waals surface area contributed by atoms with Gasteiger partial charge >= 0.3 is 23.5 Å². The Labute approximate surface area is 279 Å². The summed E-state index contributed by atoms with van der Waals surface area (Å²) in [4.78, 5) is 63.6. The number of primary amides is 1. The maximum Gasteiger partial charge on any atom is 0.481 e. The first kappa shape index (κ1) is 38.0. The van der Waals surface area contributed by atoms with Crippen LogP contribution < -0.4 is 11.5 Å². The fourth-order valence-electron chi connectivity index (χ4n) is 5.10. The minimum atomic E-state index is -5.56. The molecule has 11 N–H and O–H groups in total. The number of carbonyl (C=O) groups is 1. The van der Waals surface area contributed by atoms with Gasteiger partial charge < -0.3 is 60.7 Å². The van der Waals surface area contributed by atoms with Crippen molar-refractivity contribution in [2.45, 2.75) is 49.1 Å². The third-order valence-corrected chi connectivity index (χ3v) is 10.5. The number of nitrogen functional groups attached to an aromatic ring is 1. The third-order valence-electron chi connectivity index (χ3n) is 7.37. The van der Waals surface area contributed by atoms with Crippen molar-refractivity contribution in [2.75, 3.05) is 18.9 Å². The summed E-state index contributed by atoms with van der Waals surface area (Å²) < 4.78 is 67.2. The van der Waals surface area contributed by atoms with Crippen LogP contribution in [0.3, 0.4) is 0 Å². The number of aliphatic hydroxyl groups excluding tert-OH is 3. The number of phosphoric ester groups is 3. The summed E-state index contributed by atoms with van der Waals surface area (Å²) in [6, 6.07) is 1.84. The average molecular weight is 770 g/mol. The van der Waals surface area contributed by atoms with Crippen molar-refractivity contribution in [3.63, 3.8) is 0 Å². The lowest BCUT2D eigenvalue weighted by Gasteiger charge is -2.29. The Morgan fingerprint density at radius 1 is 0.960 bits per heavy atom. The zero-order valence-electron chi connectivity index (χ0n) is 24.9. The van der Waals surface area contributed by atoms with Gasteiger partial charge in [0.1, 0.15) is 48.5 Å². The molecule has 2 aromatic rings. The van der Waals surface area contributed by atoms with E-state index in [9.17, 15) is 58.6 Å². The number of anilines is 1. The summed E-state index contributed by atoms with van der Waals surface area (Å²) in [7, 11) is -16.4. The average Bonchev–Trinajstić information content (AvgIpc) is 3.68. The van der Waals surface area contributed by atoms with Gasteiger partial charge in [0.05, 0.1) is 37.1 Å². The number of nitrogens with zero attached hydrogens (tertiary/aromatic N) is 6. The zero-order valence-corrected chi connectivity index (χ0v) is 27.6. The Morgan fingerprint density at radius 2 is 1.58 bits per heavy atom. The number of amides is 1. The fraction of sp³-hybridized carbons (Fsp3) is 0.500. The summed E-state index contributed by atoms with van der Waals surface area (Å²) in [5, 5.41) is 40.8. The van der Waals surface area contributed by atoms with E-state index in [1.165, 1.54) is 12.3 Å². The van der Waals surface area contributed by atoms with Crippen molar-refractivity contribution in [1.82, 2.24) is 24.4 Å². The van der Waals surface area contributed by atoms with E-state index in [4.69, 9.17) is 30.0 Å². The van der Waals surface area contributed by atoms with Gasteiger partial charge in [0.25, 0.3) is 0 Å². The first-order valence-electron chi connectivity index (χ1n) is 13.9. The molecule has 5 rings (SSSR count). The number of nitrogens with two attached hydrogens (primary N) is 2. The van der Waals surface area contributed by atoms with E-state index in [1.807, 2.05) is 6.07 Å². The molecule has 2 aromatic heterocycles. The van der Waals surface area contributed by atoms with E-state index in [1.54, 1.807) is 0 Å². The number of aliphatic hydroxyl groups is 3. The van der Waals surface area contributed by atoms with Crippen LogP contribution in [-0.4, -0.2) is 121 Å². The van der Waals surface area contributed by atoms with Crippen molar-refractivity contribution in [3.8, 4) is 6.07 Å². The molecule has 2 saturated heterocycles. The van der Waals surface area contributed by atoms with Crippen LogP contribution in [-0.2, 0) is 45.8 Å². The second-order valence-electron chi connectivity index (χ2n) is 10.7. The predicted octanol–water partition coefficient (Wildman–Crippen LogP) is -2.82. The fourth-order valence-corrected chi connectivity index (χ4v) is 7.73. The van der Waals surface area contributed by atoms with Crippen LogP contribution in [0.5, 0.6) is 0 Å². The van der Waals surface area contributed by atoms with Crippen LogP contribution in [0.1, 0.15) is 6.23 Å². The van der Waals surface area contributed by atoms with Crippen LogP contribution in [0.4, 0.5) is 5.82 Å². The van der Waals surface area contributed by atoms with Crippen molar-refractivity contribution in [3.05, 3.63) is 36.7 Å². The molecular weight excluding hydrogens is 741 g/mol. The van der Waals surface area contributed by atoms with Gasteiger partial charge in [0.2, 0.25) is 5.91 Å². The number of hydrogen-bond donors (Lipinski definition) is 9. The van der Waals surface area contributed by atoms with Gasteiger partial charge in [-0.1, -0.05) is 0 Å². The van der Waals surface area contributed by atoms with E-state index in [-0.39, 0.29) is 22.6 Å². The second-order valence-corrected chi connectivity index (χ2v) is 14.9. The number of allylic oxidation sites excluding steroid dienone is 1. The molecule has 0 spiro atoms. The summed E-state index contributed by atoms with van der Waals surface area (Å²) in [6.07, 6.45) is -7.73. The van der Waals surface area contributed by atoms with Gasteiger partial charge in [-0.15, -0.1) is 0 Å². The highest BCUT2D eigenvalue weighted by atomic mass is 31.3. The van der Waals surface area contributed by atoms with E-state index < -0.39 is 97.6 Å². The van der Waals surface area contributed by atoms with Crippen LogP contribution in [0.2, 0.25) is 0 Å². The molecule has 274 valence electrons. The molecule has 0 bridgehead atoms. The van der Waals surface area contributed by atoms with E-state index in [0.29, 0.717) is 0 Å². The topological polar surface area (TPSA) is 388 Å². The number of hydrogen-bond acceptors (Lipinski definition) is 19. The highest BCUT2D eigenvalue weighted by Gasteiger charge is 2.51. The quantitative estimate of drug-likeness (QED) is 0.0927. The first-order chi connectivity index (χ1) is 23.3. The molecule has 25 nitrogen and oxygen atoms in total. The Hall–Kier alpha value is -3.24. The monoisotopic (exact) mass is 770 g/mol. The smallest absolute Gasteiger partial charge is 0.387 e. The van der Waals surface area contributed by atoms with Crippen LogP contribution in [0.25, 0.3) is 11.2 Å². The van der Waals surface area contributed by atoms with E-state index in [2.05, 4.69) is 23.8 Å². The first-order valence-corrected chi connectivity index (χ1v) is 18.4. The Balaban J connectivity index is 1.20. The Bertz CT molecular complexity index is 1870. The number of ether oxygens (including phenoxy) is 2. The number of aromatic nitrogens is 4. The summed E-state index contributed by atoms with van der Waals surface area (Å²) >= 11 is 0. The highest BCUT2D eigenvalue weighted by Crippen LogP contribution is 2.61. The minimum absolute atomic E-state index is 0.00721. The van der Waals surface area contributed by atoms with Gasteiger partial charge in [-0.25, -0.2) is 28.6 Å². The number of imidazole rings is 1. The number of carbonyl (C=O) groups excluding carboxylic acids is 1. The lowest BCUT2D eigenvalue weighted by Crippen LogP contribution is -2.41. The molecular formula is C22H29N8O17P3. The maximum absolute atomic E-state index is 12.6. The molecule has 2 fully saturated rings. The number of rotatable bonds is 13. The van der Waals surface area contributed by atoms with Crippen LogP contribution in [0, 0.1) is 17.2 Å². The van der Waals surface area contributed by atoms with Crippen molar-refractivity contribution >= 4 is 46.4 Å². The van der Waals surface area contributed by atoms with Gasteiger partial charge in [0, 0.05) is 12.4 Å². The Kier molecular flexibility index (Phi) is 11.0. The van der Waals surface area contributed by atoms with Crippen LogP contribution in [0.15, 0.2) is 36.7 Å². The number of nitriles is 1. The molecule has 3 aliphatic heterocycles. The summed E-state index contributed by atoms with van der Waals surface area (Å²) in [5.74, 6) is -2.00. The molecule has 3 unspecified atom stereocenters. The van der Waals surface area contributed by atoms with Gasteiger partial charge in [-0.3, -0.25) is 22.9 Å². The molecule has 0 aliphatic carbocycles. The number of fused-ring (bicyclic) bond motifs is 1. The normalized spacial score (nSPS) is 32.4. The van der Waals surface area contributed by atoms with Gasteiger partial charge in [-0.2, -0.15) is 9.57 Å². The molecule has 5 heterocycles. The van der Waals surface area contributed by atoms with Crippen molar-refractivity contribution in [1.29, 1.82) is 5.26 Å². The molecule has 0 saturated carbocycles. The summed E-state index contributed by atoms with van der Waals surface area (Å²) in [5.41, 5.74) is 10.9. The SMILES string of the molecule is N#CC1C=CN([C@@H]2O[C@H](COP(=O)(O)OP(=O)(O)OC[C@H]3O[C@@H](n4cnc5c(N)ncnc54)[C@H](OP(=O)(O)O)[C@@H]3O)[C@@H](O)[C@H]2O)C=C1C(N)=O. The molecule has 28 heteroatoms. The number of phosphoric acid groups is 3. The zero-order chi connectivity index (χ0) is 36.8. The largest absolute Gasteiger partial charge is 0.481 e. The lowest BCUT2D eigenvalue weighted by molar-refractivity contribution is -0.115. The standard InChI is InChI=1S/C22H29N8O17P3/c23-3-9-1-2-29(4-10(9)19(25)34)21-16(33)14(31)11(44-21)5-42-49(38,39)47-50(40,41)43-6-12-15(32)17(46-48(35,36)37)22(45-12)30-8-28-13-18(24)26-7-27-20(13)30/h1-2,4,7-9,11-12,14-17,21-22,31-33H,5-6H2,(H2,25,34)(H,38,39)(H,40,41)(H2,24,26,27)(H2,35,36,37)/t9?,11-,12-,14-,15-,16-,17-,21-,22-/m1/s1. The predicted molar refractivity (Wildman–Crippen MR) is 157 cm³/mol. The molecule has 0 aromatic carbocycles. The minimum Gasteiger partial charge on any atom is -0.387 e. The highest BCUT2D eigenvalue weighted by molar-refractivity contribution is 7.61. The second kappa shape index (κ2) is 14.4. The van der Waals surface area contributed by atoms with Crippen molar-refractivity contribution < 1.29 is 80.7 Å². The molecule has 1 amide bonds. The Morgan fingerprint density at radius 3 is 2.18 bits per heavy atom. The molecule has 11 atom stereocenters.